The number of hydrogen-bond acceptors (Lipinski definition) is 4. The molecule has 0 spiro atoms. The standard InChI is InChI=1S/C25H25F3N2O5/c26-25(27,28)11-21(23(33)30-12-15(13-30)9-10-22(31)32)29-24(34)35-14-20-18-7-3-1-5-16(18)17-6-2-4-8-19(17)20/h1-8,15,20-21H,9-14H2,(H,29,34)(H,31,32). The summed E-state index contributed by atoms with van der Waals surface area (Å²) in [4.78, 5) is 37.0. The van der Waals surface area contributed by atoms with Gasteiger partial charge >= 0.3 is 18.2 Å². The fourth-order valence-electron chi connectivity index (χ4n) is 4.69. The van der Waals surface area contributed by atoms with Crippen LogP contribution in [-0.2, 0) is 14.3 Å². The maximum absolute atomic E-state index is 13.1. The summed E-state index contributed by atoms with van der Waals surface area (Å²) in [6.07, 6.45) is -7.03. The molecule has 2 aromatic rings. The molecule has 2 N–H and O–H groups in total. The number of aliphatic carboxylic acids is 1. The van der Waals surface area contributed by atoms with Gasteiger partial charge in [-0.05, 0) is 34.6 Å². The molecule has 4 rings (SSSR count). The highest BCUT2D eigenvalue weighted by molar-refractivity contribution is 5.86. The summed E-state index contributed by atoms with van der Waals surface area (Å²) in [5, 5.41) is 10.8. The van der Waals surface area contributed by atoms with Gasteiger partial charge < -0.3 is 20.1 Å². The first kappa shape index (κ1) is 24.6. The maximum atomic E-state index is 13.1. The van der Waals surface area contributed by atoms with Crippen molar-refractivity contribution in [2.45, 2.75) is 37.4 Å². The topological polar surface area (TPSA) is 95.9 Å². The van der Waals surface area contributed by atoms with Gasteiger partial charge in [0.1, 0.15) is 12.6 Å². The Morgan fingerprint density at radius 3 is 2.14 bits per heavy atom. The molecule has 35 heavy (non-hydrogen) atoms. The molecule has 186 valence electrons. The van der Waals surface area contributed by atoms with Crippen molar-refractivity contribution in [1.82, 2.24) is 10.2 Å². The maximum Gasteiger partial charge on any atom is 0.407 e. The van der Waals surface area contributed by atoms with Gasteiger partial charge in [-0.3, -0.25) is 9.59 Å². The number of benzene rings is 2. The molecule has 1 aliphatic heterocycles. The predicted molar refractivity (Wildman–Crippen MR) is 120 cm³/mol. The number of alkyl carbamates (subject to hydrolysis) is 1. The molecular formula is C25H25F3N2O5. The molecule has 2 aromatic carbocycles. The highest BCUT2D eigenvalue weighted by atomic mass is 19.4. The number of halogens is 3. The zero-order chi connectivity index (χ0) is 25.2. The second-order valence-electron chi connectivity index (χ2n) is 8.88. The summed E-state index contributed by atoms with van der Waals surface area (Å²) < 4.78 is 44.7. The van der Waals surface area contributed by atoms with Crippen LogP contribution in [0.15, 0.2) is 48.5 Å². The SMILES string of the molecule is O=C(O)CCC1CN(C(=O)C(CC(F)(F)F)NC(=O)OCC2c3ccccc3-c3ccccc32)C1. The second-order valence-corrected chi connectivity index (χ2v) is 8.88. The van der Waals surface area contributed by atoms with E-state index in [1.807, 2.05) is 48.5 Å². The Kier molecular flexibility index (Phi) is 7.00. The Morgan fingerprint density at radius 1 is 1.03 bits per heavy atom. The van der Waals surface area contributed by atoms with E-state index in [1.54, 1.807) is 0 Å². The third kappa shape index (κ3) is 5.75. The van der Waals surface area contributed by atoms with Crippen molar-refractivity contribution in [3.8, 4) is 11.1 Å². The monoisotopic (exact) mass is 490 g/mol. The summed E-state index contributed by atoms with van der Waals surface area (Å²) >= 11 is 0. The minimum Gasteiger partial charge on any atom is -0.481 e. The van der Waals surface area contributed by atoms with Crippen LogP contribution < -0.4 is 5.32 Å². The van der Waals surface area contributed by atoms with Crippen molar-refractivity contribution in [1.29, 1.82) is 0 Å². The summed E-state index contributed by atoms with van der Waals surface area (Å²) in [5.74, 6) is -2.18. The first-order valence-corrected chi connectivity index (χ1v) is 11.3. The lowest BCUT2D eigenvalue weighted by atomic mass is 9.93. The predicted octanol–water partition coefficient (Wildman–Crippen LogP) is 4.17. The van der Waals surface area contributed by atoms with E-state index in [-0.39, 0.29) is 38.0 Å². The Labute approximate surface area is 199 Å². The smallest absolute Gasteiger partial charge is 0.407 e. The number of amides is 2. The third-order valence-corrected chi connectivity index (χ3v) is 6.40. The molecule has 1 fully saturated rings. The molecule has 0 aromatic heterocycles. The molecule has 0 saturated carbocycles. The number of rotatable bonds is 8. The molecule has 1 atom stereocenters. The number of ether oxygens (including phenoxy) is 1. The quantitative estimate of drug-likeness (QED) is 0.579. The molecule has 1 heterocycles. The van der Waals surface area contributed by atoms with E-state index in [0.717, 1.165) is 22.3 Å². The lowest BCUT2D eigenvalue weighted by Crippen LogP contribution is -2.58. The first-order chi connectivity index (χ1) is 16.6. The van der Waals surface area contributed by atoms with Gasteiger partial charge in [-0.1, -0.05) is 48.5 Å². The van der Waals surface area contributed by atoms with Crippen LogP contribution in [0.3, 0.4) is 0 Å². The Bertz CT molecular complexity index is 1070. The van der Waals surface area contributed by atoms with E-state index in [9.17, 15) is 27.6 Å². The van der Waals surface area contributed by atoms with Gasteiger partial charge in [0.15, 0.2) is 0 Å². The van der Waals surface area contributed by atoms with Gasteiger partial charge in [0, 0.05) is 25.4 Å². The fourth-order valence-corrected chi connectivity index (χ4v) is 4.69. The summed E-state index contributed by atoms with van der Waals surface area (Å²) in [5.41, 5.74) is 3.93. The van der Waals surface area contributed by atoms with Crippen molar-refractivity contribution in [2.75, 3.05) is 19.7 Å². The van der Waals surface area contributed by atoms with Crippen LogP contribution >= 0.6 is 0 Å². The molecule has 7 nitrogen and oxygen atoms in total. The van der Waals surface area contributed by atoms with Gasteiger partial charge in [-0.25, -0.2) is 4.79 Å². The molecule has 1 unspecified atom stereocenters. The third-order valence-electron chi connectivity index (χ3n) is 6.40. The van der Waals surface area contributed by atoms with Crippen molar-refractivity contribution in [2.24, 2.45) is 5.92 Å². The van der Waals surface area contributed by atoms with E-state index >= 15 is 0 Å². The van der Waals surface area contributed by atoms with E-state index < -0.39 is 36.6 Å². The number of carboxylic acids is 1. The zero-order valence-corrected chi connectivity index (χ0v) is 18.8. The molecule has 10 heteroatoms. The fraction of sp³-hybridized carbons (Fsp3) is 0.400. The summed E-state index contributed by atoms with van der Waals surface area (Å²) in [6.45, 7) is 0.230. The van der Waals surface area contributed by atoms with E-state index in [0.29, 0.717) is 6.42 Å². The lowest BCUT2D eigenvalue weighted by Gasteiger charge is -2.41. The second kappa shape index (κ2) is 9.97. The Balaban J connectivity index is 1.37. The van der Waals surface area contributed by atoms with Crippen LogP contribution in [0.25, 0.3) is 11.1 Å². The minimum atomic E-state index is -4.68. The van der Waals surface area contributed by atoms with Crippen LogP contribution in [0.4, 0.5) is 18.0 Å². The molecule has 0 bridgehead atoms. The number of fused-ring (bicyclic) bond motifs is 3. The molecule has 2 amide bonds. The zero-order valence-electron chi connectivity index (χ0n) is 18.8. The highest BCUT2D eigenvalue weighted by Gasteiger charge is 2.41. The van der Waals surface area contributed by atoms with Crippen LogP contribution in [-0.4, -0.2) is 59.9 Å². The van der Waals surface area contributed by atoms with E-state index in [2.05, 4.69) is 5.32 Å². The van der Waals surface area contributed by atoms with Gasteiger partial charge in [0.25, 0.3) is 0 Å². The molecule has 1 aliphatic carbocycles. The average molecular weight is 490 g/mol. The summed E-state index contributed by atoms with van der Waals surface area (Å²) in [7, 11) is 0. The Morgan fingerprint density at radius 2 is 1.60 bits per heavy atom. The first-order valence-electron chi connectivity index (χ1n) is 11.3. The lowest BCUT2D eigenvalue weighted by molar-refractivity contribution is -0.158. The number of hydrogen-bond donors (Lipinski definition) is 2. The van der Waals surface area contributed by atoms with Crippen molar-refractivity contribution in [3.63, 3.8) is 0 Å². The van der Waals surface area contributed by atoms with Gasteiger partial charge in [0.2, 0.25) is 5.91 Å². The van der Waals surface area contributed by atoms with Gasteiger partial charge in [-0.15, -0.1) is 0 Å². The number of carbonyl (C=O) groups excluding carboxylic acids is 2. The normalized spacial score (nSPS) is 16.1. The van der Waals surface area contributed by atoms with Gasteiger partial charge in [-0.2, -0.15) is 13.2 Å². The number of carbonyl (C=O) groups is 3. The number of carboxylic acid groups (broad SMARTS) is 1. The van der Waals surface area contributed by atoms with Crippen molar-refractivity contribution < 1.29 is 37.4 Å². The number of nitrogens with zero attached hydrogens (tertiary/aromatic N) is 1. The molecule has 0 radical (unpaired) electrons. The van der Waals surface area contributed by atoms with E-state index in [1.165, 1.54) is 4.90 Å². The van der Waals surface area contributed by atoms with Crippen LogP contribution in [0.2, 0.25) is 0 Å². The minimum absolute atomic E-state index is 0.0727. The molecule has 2 aliphatic rings. The van der Waals surface area contributed by atoms with Crippen LogP contribution in [0.5, 0.6) is 0 Å². The van der Waals surface area contributed by atoms with E-state index in [4.69, 9.17) is 9.84 Å². The molecular weight excluding hydrogens is 465 g/mol. The average Bonchev–Trinajstić information content (AvgIpc) is 3.08. The highest BCUT2D eigenvalue weighted by Crippen LogP contribution is 2.44. The largest absolute Gasteiger partial charge is 0.481 e. The number of likely N-dealkylation sites (tertiary alicyclic amines) is 1. The number of nitrogens with one attached hydrogen (secondary N) is 1. The van der Waals surface area contributed by atoms with Crippen LogP contribution in [0, 0.1) is 5.92 Å². The van der Waals surface area contributed by atoms with Crippen molar-refractivity contribution >= 4 is 18.0 Å². The van der Waals surface area contributed by atoms with Crippen molar-refractivity contribution in [3.05, 3.63) is 59.7 Å². The summed E-state index contributed by atoms with van der Waals surface area (Å²) in [6, 6.07) is 13.5. The van der Waals surface area contributed by atoms with Crippen LogP contribution in [0.1, 0.15) is 36.3 Å². The molecule has 1 saturated heterocycles. The Hall–Kier alpha value is -3.56. The number of alkyl halides is 3. The van der Waals surface area contributed by atoms with Gasteiger partial charge in [0.05, 0.1) is 6.42 Å².